The molecule has 0 fully saturated rings. The molecule has 0 atom stereocenters. The Labute approximate surface area is 166 Å². The van der Waals surface area contributed by atoms with Gasteiger partial charge in [0.15, 0.2) is 6.61 Å². The number of hydrogen-bond donors (Lipinski definition) is 1. The standard InChI is InChI=1S/C16H13BrClIN2O3/c1-23-15-4-2-10(6-13(15)19)8-20-21-16(22)9-24-14-5-3-11(18)7-12(14)17/h2-8H,9H2,1H3,(H,21,22)/b20-8-. The van der Waals surface area contributed by atoms with Crippen LogP contribution in [0.5, 0.6) is 11.5 Å². The molecule has 8 heteroatoms. The van der Waals surface area contributed by atoms with Crippen LogP contribution in [-0.4, -0.2) is 25.8 Å². The van der Waals surface area contributed by atoms with Crippen LogP contribution in [0, 0.1) is 3.57 Å². The number of carbonyl (C=O) groups excluding carboxylic acids is 1. The fourth-order valence-electron chi connectivity index (χ4n) is 1.71. The molecule has 0 unspecified atom stereocenters. The smallest absolute Gasteiger partial charge is 0.277 e. The number of ether oxygens (including phenoxy) is 2. The molecule has 0 aliphatic carbocycles. The molecule has 0 bridgehead atoms. The Morgan fingerprint density at radius 3 is 2.75 bits per heavy atom. The van der Waals surface area contributed by atoms with Gasteiger partial charge in [-0.3, -0.25) is 4.79 Å². The van der Waals surface area contributed by atoms with Crippen LogP contribution < -0.4 is 14.9 Å². The zero-order valence-corrected chi connectivity index (χ0v) is 17.1. The van der Waals surface area contributed by atoms with Crippen molar-refractivity contribution in [2.24, 2.45) is 5.10 Å². The van der Waals surface area contributed by atoms with E-state index in [1.807, 2.05) is 18.2 Å². The monoisotopic (exact) mass is 522 g/mol. The highest BCUT2D eigenvalue weighted by atomic mass is 127. The molecule has 0 spiro atoms. The second kappa shape index (κ2) is 9.24. The molecule has 0 heterocycles. The summed E-state index contributed by atoms with van der Waals surface area (Å²) < 4.78 is 12.2. The van der Waals surface area contributed by atoms with Crippen molar-refractivity contribution < 1.29 is 14.3 Å². The van der Waals surface area contributed by atoms with Gasteiger partial charge in [0, 0.05) is 5.02 Å². The Morgan fingerprint density at radius 1 is 1.33 bits per heavy atom. The normalized spacial score (nSPS) is 10.7. The molecule has 0 aliphatic heterocycles. The lowest BCUT2D eigenvalue weighted by Gasteiger charge is -2.07. The predicted molar refractivity (Wildman–Crippen MR) is 106 cm³/mol. The summed E-state index contributed by atoms with van der Waals surface area (Å²) in [6.07, 6.45) is 1.55. The van der Waals surface area contributed by atoms with Crippen molar-refractivity contribution in [2.75, 3.05) is 13.7 Å². The van der Waals surface area contributed by atoms with E-state index in [1.165, 1.54) is 0 Å². The summed E-state index contributed by atoms with van der Waals surface area (Å²) in [6.45, 7) is -0.155. The van der Waals surface area contributed by atoms with Gasteiger partial charge in [0.25, 0.3) is 5.91 Å². The van der Waals surface area contributed by atoms with Crippen molar-refractivity contribution in [1.29, 1.82) is 0 Å². The predicted octanol–water partition coefficient (Wildman–Crippen LogP) is 4.24. The van der Waals surface area contributed by atoms with E-state index in [9.17, 15) is 4.79 Å². The molecule has 126 valence electrons. The first-order valence-electron chi connectivity index (χ1n) is 6.73. The Bertz CT molecular complexity index is 771. The summed E-state index contributed by atoms with van der Waals surface area (Å²) in [5, 5.41) is 4.49. The van der Waals surface area contributed by atoms with Crippen LogP contribution in [-0.2, 0) is 4.79 Å². The molecule has 0 saturated heterocycles. The number of hydrogen-bond acceptors (Lipinski definition) is 4. The molecule has 0 radical (unpaired) electrons. The van der Waals surface area contributed by atoms with Gasteiger partial charge in [0.1, 0.15) is 11.5 Å². The van der Waals surface area contributed by atoms with Crippen molar-refractivity contribution in [1.82, 2.24) is 5.43 Å². The maximum absolute atomic E-state index is 11.7. The molecule has 2 rings (SSSR count). The van der Waals surface area contributed by atoms with Gasteiger partial charge >= 0.3 is 0 Å². The number of halogens is 3. The third-order valence-corrected chi connectivity index (χ3v) is 4.53. The van der Waals surface area contributed by atoms with Gasteiger partial charge in [0.2, 0.25) is 0 Å². The van der Waals surface area contributed by atoms with Crippen LogP contribution in [0.3, 0.4) is 0 Å². The molecule has 1 amide bonds. The Balaban J connectivity index is 1.85. The molecule has 0 saturated carbocycles. The minimum absolute atomic E-state index is 0.155. The zero-order valence-electron chi connectivity index (χ0n) is 12.6. The molecule has 24 heavy (non-hydrogen) atoms. The van der Waals surface area contributed by atoms with Crippen molar-refractivity contribution in [3.8, 4) is 11.5 Å². The fourth-order valence-corrected chi connectivity index (χ4v) is 3.27. The number of carbonyl (C=O) groups is 1. The van der Waals surface area contributed by atoms with E-state index < -0.39 is 0 Å². The fraction of sp³-hybridized carbons (Fsp3) is 0.125. The first kappa shape index (κ1) is 19.0. The highest BCUT2D eigenvalue weighted by Crippen LogP contribution is 2.27. The minimum atomic E-state index is -0.365. The lowest BCUT2D eigenvalue weighted by Crippen LogP contribution is -2.24. The van der Waals surface area contributed by atoms with Crippen LogP contribution in [0.15, 0.2) is 46.0 Å². The van der Waals surface area contributed by atoms with Crippen LogP contribution in [0.4, 0.5) is 0 Å². The topological polar surface area (TPSA) is 59.9 Å². The van der Waals surface area contributed by atoms with Crippen LogP contribution >= 0.6 is 50.1 Å². The largest absolute Gasteiger partial charge is 0.496 e. The molecule has 0 aliphatic rings. The van der Waals surface area contributed by atoms with E-state index in [1.54, 1.807) is 31.5 Å². The summed E-state index contributed by atoms with van der Waals surface area (Å²) in [6, 6.07) is 10.6. The van der Waals surface area contributed by atoms with Gasteiger partial charge < -0.3 is 9.47 Å². The highest BCUT2D eigenvalue weighted by molar-refractivity contribution is 14.1. The molecular formula is C16H13BrClIN2O3. The van der Waals surface area contributed by atoms with Crippen molar-refractivity contribution >= 4 is 62.2 Å². The summed E-state index contributed by atoms with van der Waals surface area (Å²) >= 11 is 11.3. The zero-order chi connectivity index (χ0) is 17.5. The molecular weight excluding hydrogens is 510 g/mol. The van der Waals surface area contributed by atoms with E-state index in [4.69, 9.17) is 21.1 Å². The van der Waals surface area contributed by atoms with E-state index in [2.05, 4.69) is 49.0 Å². The van der Waals surface area contributed by atoms with Crippen LogP contribution in [0.25, 0.3) is 0 Å². The first-order chi connectivity index (χ1) is 11.5. The van der Waals surface area contributed by atoms with E-state index in [0.29, 0.717) is 15.2 Å². The van der Waals surface area contributed by atoms with Crippen molar-refractivity contribution in [3.05, 3.63) is 55.0 Å². The number of rotatable bonds is 6. The number of nitrogens with one attached hydrogen (secondary N) is 1. The second-order valence-electron chi connectivity index (χ2n) is 4.55. The average molecular weight is 524 g/mol. The highest BCUT2D eigenvalue weighted by Gasteiger charge is 2.05. The minimum Gasteiger partial charge on any atom is -0.496 e. The van der Waals surface area contributed by atoms with Gasteiger partial charge in [-0.1, -0.05) is 11.6 Å². The summed E-state index contributed by atoms with van der Waals surface area (Å²) in [7, 11) is 1.62. The van der Waals surface area contributed by atoms with Gasteiger partial charge in [-0.25, -0.2) is 5.43 Å². The number of nitrogens with zero attached hydrogens (tertiary/aromatic N) is 1. The van der Waals surface area contributed by atoms with Gasteiger partial charge in [-0.05, 0) is 80.5 Å². The number of amides is 1. The summed E-state index contributed by atoms with van der Waals surface area (Å²) in [5.74, 6) is 0.957. The summed E-state index contributed by atoms with van der Waals surface area (Å²) in [5.41, 5.74) is 3.26. The Kier molecular flexibility index (Phi) is 7.32. The lowest BCUT2D eigenvalue weighted by molar-refractivity contribution is -0.123. The molecule has 2 aromatic carbocycles. The second-order valence-corrected chi connectivity index (χ2v) is 7.00. The van der Waals surface area contributed by atoms with Crippen LogP contribution in [0.1, 0.15) is 5.56 Å². The number of benzene rings is 2. The number of hydrazone groups is 1. The molecule has 0 aromatic heterocycles. The molecule has 2 aromatic rings. The average Bonchev–Trinajstić information content (AvgIpc) is 2.54. The lowest BCUT2D eigenvalue weighted by atomic mass is 10.2. The van der Waals surface area contributed by atoms with Gasteiger partial charge in [0.05, 0.1) is 21.4 Å². The van der Waals surface area contributed by atoms with Crippen molar-refractivity contribution in [2.45, 2.75) is 0 Å². The quantitative estimate of drug-likeness (QED) is 0.350. The van der Waals surface area contributed by atoms with Gasteiger partial charge in [-0.15, -0.1) is 0 Å². The SMILES string of the molecule is COc1ccc(/C=N\NC(=O)COc2ccc(Cl)cc2Br)cc1I. The van der Waals surface area contributed by atoms with Crippen molar-refractivity contribution in [3.63, 3.8) is 0 Å². The number of methoxy groups -OCH3 is 1. The third kappa shape index (κ3) is 5.64. The molecule has 5 nitrogen and oxygen atoms in total. The first-order valence-corrected chi connectivity index (χ1v) is 8.98. The third-order valence-electron chi connectivity index (χ3n) is 2.83. The summed E-state index contributed by atoms with van der Waals surface area (Å²) in [4.78, 5) is 11.7. The maximum atomic E-state index is 11.7. The Morgan fingerprint density at radius 2 is 2.08 bits per heavy atom. The van der Waals surface area contributed by atoms with E-state index in [-0.39, 0.29) is 12.5 Å². The maximum Gasteiger partial charge on any atom is 0.277 e. The van der Waals surface area contributed by atoms with Gasteiger partial charge in [-0.2, -0.15) is 5.10 Å². The van der Waals surface area contributed by atoms with E-state index in [0.717, 1.165) is 14.9 Å². The van der Waals surface area contributed by atoms with E-state index >= 15 is 0 Å². The molecule has 1 N–H and O–H groups in total. The van der Waals surface area contributed by atoms with Crippen LogP contribution in [0.2, 0.25) is 5.02 Å². The Hall–Kier alpha value is -1.32.